The molecule has 0 spiro atoms. The van der Waals surface area contributed by atoms with Gasteiger partial charge < -0.3 is 4.74 Å². The van der Waals surface area contributed by atoms with Crippen molar-refractivity contribution in [3.05, 3.63) is 130 Å². The van der Waals surface area contributed by atoms with Gasteiger partial charge in [-0.15, -0.1) is 0 Å². The fraction of sp³-hybridized carbons (Fsp3) is 0.143. The summed E-state index contributed by atoms with van der Waals surface area (Å²) in [6.07, 6.45) is 0.473. The molecule has 154 valence electrons. The molecule has 4 rings (SSSR count). The number of carbonyl (C=O) groups is 2. The number of ketones is 2. The summed E-state index contributed by atoms with van der Waals surface area (Å²) in [6, 6.07) is 28.8. The summed E-state index contributed by atoms with van der Waals surface area (Å²) in [5.41, 5.74) is 3.58. The molecule has 1 heterocycles. The van der Waals surface area contributed by atoms with Crippen molar-refractivity contribution in [3.8, 4) is 0 Å². The first kappa shape index (κ1) is 20.5. The number of hydrogen-bond acceptors (Lipinski definition) is 3. The Hall–Kier alpha value is -3.72. The Kier molecular flexibility index (Phi) is 5.94. The fourth-order valence-corrected chi connectivity index (χ4v) is 4.15. The second-order valence-electron chi connectivity index (χ2n) is 7.67. The van der Waals surface area contributed by atoms with Crippen LogP contribution in [-0.4, -0.2) is 11.6 Å². The Morgan fingerprint density at radius 3 is 1.90 bits per heavy atom. The molecule has 3 aromatic carbocycles. The minimum absolute atomic E-state index is 0.0940. The molecule has 0 saturated carbocycles. The topological polar surface area (TPSA) is 43.4 Å². The summed E-state index contributed by atoms with van der Waals surface area (Å²) >= 11 is 0. The summed E-state index contributed by atoms with van der Waals surface area (Å²) in [5, 5.41) is 0. The van der Waals surface area contributed by atoms with E-state index in [4.69, 9.17) is 4.74 Å². The summed E-state index contributed by atoms with van der Waals surface area (Å²) in [7, 11) is 0. The highest BCUT2D eigenvalue weighted by Crippen LogP contribution is 2.43. The lowest BCUT2D eigenvalue weighted by Crippen LogP contribution is -2.26. The van der Waals surface area contributed by atoms with Crippen LogP contribution >= 0.6 is 0 Å². The first-order valence-electron chi connectivity index (χ1n) is 10.4. The maximum atomic E-state index is 13.8. The Balaban J connectivity index is 1.93. The minimum Gasteiger partial charge on any atom is -0.465 e. The first-order chi connectivity index (χ1) is 15.1. The van der Waals surface area contributed by atoms with Crippen LogP contribution in [0.25, 0.3) is 0 Å². The van der Waals surface area contributed by atoms with Crippen LogP contribution < -0.4 is 0 Å². The van der Waals surface area contributed by atoms with E-state index in [2.05, 4.69) is 0 Å². The van der Waals surface area contributed by atoms with E-state index < -0.39 is 5.92 Å². The molecule has 0 aromatic heterocycles. The van der Waals surface area contributed by atoms with E-state index in [1.165, 1.54) is 6.92 Å². The molecule has 0 fully saturated rings. The highest BCUT2D eigenvalue weighted by molar-refractivity contribution is 6.12. The van der Waals surface area contributed by atoms with Gasteiger partial charge in [-0.1, -0.05) is 91.0 Å². The van der Waals surface area contributed by atoms with Crippen LogP contribution in [0.15, 0.2) is 114 Å². The predicted octanol–water partition coefficient (Wildman–Crippen LogP) is 6.04. The lowest BCUT2D eigenvalue weighted by molar-refractivity contribution is -0.114. The van der Waals surface area contributed by atoms with Crippen molar-refractivity contribution in [2.45, 2.75) is 26.2 Å². The van der Waals surface area contributed by atoms with Gasteiger partial charge in [-0.05, 0) is 25.0 Å². The second kappa shape index (κ2) is 8.97. The van der Waals surface area contributed by atoms with E-state index in [-0.39, 0.29) is 11.6 Å². The van der Waals surface area contributed by atoms with Crippen LogP contribution in [0, 0.1) is 0 Å². The highest BCUT2D eigenvalue weighted by atomic mass is 16.5. The molecule has 0 radical (unpaired) electrons. The molecule has 0 amide bonds. The van der Waals surface area contributed by atoms with E-state index in [9.17, 15) is 9.59 Å². The van der Waals surface area contributed by atoms with E-state index in [1.807, 2.05) is 78.9 Å². The number of carbonyl (C=O) groups excluding carboxylic acids is 2. The van der Waals surface area contributed by atoms with Gasteiger partial charge >= 0.3 is 0 Å². The predicted molar refractivity (Wildman–Crippen MR) is 122 cm³/mol. The SMILES string of the molecule is CC(=O)C1=C(C)OC(Cc2ccccc2)=C(C(=O)c2ccccc2)C1c1ccccc1. The summed E-state index contributed by atoms with van der Waals surface area (Å²) in [6.45, 7) is 3.34. The molecule has 31 heavy (non-hydrogen) atoms. The Morgan fingerprint density at radius 1 is 0.774 bits per heavy atom. The average Bonchev–Trinajstić information content (AvgIpc) is 2.80. The van der Waals surface area contributed by atoms with Crippen molar-refractivity contribution in [2.75, 3.05) is 0 Å². The van der Waals surface area contributed by atoms with Gasteiger partial charge in [0.1, 0.15) is 11.5 Å². The lowest BCUT2D eigenvalue weighted by atomic mass is 9.77. The van der Waals surface area contributed by atoms with Crippen LogP contribution in [0.4, 0.5) is 0 Å². The van der Waals surface area contributed by atoms with E-state index >= 15 is 0 Å². The zero-order chi connectivity index (χ0) is 21.8. The lowest BCUT2D eigenvalue weighted by Gasteiger charge is -2.31. The molecule has 1 atom stereocenters. The van der Waals surface area contributed by atoms with Gasteiger partial charge in [0, 0.05) is 23.5 Å². The van der Waals surface area contributed by atoms with Crippen molar-refractivity contribution in [2.24, 2.45) is 0 Å². The molecule has 1 unspecified atom stereocenters. The normalized spacial score (nSPS) is 16.1. The number of ether oxygens (including phenoxy) is 1. The van der Waals surface area contributed by atoms with Crippen molar-refractivity contribution >= 4 is 11.6 Å². The Labute approximate surface area is 182 Å². The molecular formula is C28H24O3. The summed E-state index contributed by atoms with van der Waals surface area (Å²) in [4.78, 5) is 26.5. The zero-order valence-electron chi connectivity index (χ0n) is 17.7. The molecule has 3 nitrogen and oxygen atoms in total. The molecule has 3 aromatic rings. The van der Waals surface area contributed by atoms with E-state index in [0.717, 1.165) is 11.1 Å². The fourth-order valence-electron chi connectivity index (χ4n) is 4.15. The monoisotopic (exact) mass is 408 g/mol. The van der Waals surface area contributed by atoms with Gasteiger partial charge in [-0.25, -0.2) is 0 Å². The van der Waals surface area contributed by atoms with Gasteiger partial charge in [0.2, 0.25) is 0 Å². The highest BCUT2D eigenvalue weighted by Gasteiger charge is 2.37. The second-order valence-corrected chi connectivity index (χ2v) is 7.67. The third-order valence-electron chi connectivity index (χ3n) is 5.53. The van der Waals surface area contributed by atoms with E-state index in [0.29, 0.717) is 34.6 Å². The third kappa shape index (κ3) is 4.26. The van der Waals surface area contributed by atoms with Crippen molar-refractivity contribution < 1.29 is 14.3 Å². The van der Waals surface area contributed by atoms with Gasteiger partial charge in [0.05, 0.1) is 5.57 Å². The quantitative estimate of drug-likeness (QED) is 0.467. The Bertz CT molecular complexity index is 1160. The third-order valence-corrected chi connectivity index (χ3v) is 5.53. The zero-order valence-corrected chi connectivity index (χ0v) is 17.7. The first-order valence-corrected chi connectivity index (χ1v) is 10.4. The van der Waals surface area contributed by atoms with Crippen LogP contribution in [0.1, 0.15) is 41.3 Å². The number of allylic oxidation sites excluding steroid dienone is 4. The number of hydrogen-bond donors (Lipinski definition) is 0. The van der Waals surface area contributed by atoms with Crippen molar-refractivity contribution in [3.63, 3.8) is 0 Å². The van der Waals surface area contributed by atoms with Crippen LogP contribution in [0.2, 0.25) is 0 Å². The summed E-state index contributed by atoms with van der Waals surface area (Å²) < 4.78 is 6.19. The molecule has 0 aliphatic carbocycles. The molecule has 1 aliphatic heterocycles. The molecule has 0 N–H and O–H groups in total. The number of rotatable bonds is 6. The van der Waals surface area contributed by atoms with Crippen molar-refractivity contribution in [1.29, 1.82) is 0 Å². The van der Waals surface area contributed by atoms with Gasteiger partial charge in [-0.2, -0.15) is 0 Å². The molecule has 1 aliphatic rings. The molecule has 0 saturated heterocycles. The van der Waals surface area contributed by atoms with Gasteiger partial charge in [0.25, 0.3) is 0 Å². The van der Waals surface area contributed by atoms with Crippen LogP contribution in [0.3, 0.4) is 0 Å². The number of Topliss-reactive ketones (excluding diaryl/α,β-unsaturated/α-hetero) is 2. The number of benzene rings is 3. The molecular weight excluding hydrogens is 384 g/mol. The minimum atomic E-state index is -0.473. The smallest absolute Gasteiger partial charge is 0.193 e. The molecule has 3 heteroatoms. The maximum Gasteiger partial charge on any atom is 0.193 e. The summed E-state index contributed by atoms with van der Waals surface area (Å²) in [5.74, 6) is 0.460. The molecule has 0 bridgehead atoms. The van der Waals surface area contributed by atoms with Gasteiger partial charge in [0.15, 0.2) is 11.6 Å². The maximum absolute atomic E-state index is 13.8. The van der Waals surface area contributed by atoms with Crippen molar-refractivity contribution in [1.82, 2.24) is 0 Å². The van der Waals surface area contributed by atoms with E-state index in [1.54, 1.807) is 19.1 Å². The Morgan fingerprint density at radius 2 is 1.32 bits per heavy atom. The standard InChI is InChI=1S/C28H24O3/c1-19(29)25-20(2)31-24(18-21-12-6-3-7-13-21)27(26(25)22-14-8-4-9-15-22)28(30)23-16-10-5-11-17-23/h3-17,26H,18H2,1-2H3. The van der Waals surface area contributed by atoms with Gasteiger partial charge in [-0.3, -0.25) is 9.59 Å². The average molecular weight is 408 g/mol. The largest absolute Gasteiger partial charge is 0.465 e. The van der Waals surface area contributed by atoms with Crippen LogP contribution in [0.5, 0.6) is 0 Å². The van der Waals surface area contributed by atoms with Crippen LogP contribution in [-0.2, 0) is 16.0 Å².